The van der Waals surface area contributed by atoms with Crippen LogP contribution in [0.15, 0.2) is 35.8 Å². The molecule has 0 aliphatic carbocycles. The highest BCUT2D eigenvalue weighted by Gasteiger charge is 2.42. The van der Waals surface area contributed by atoms with E-state index in [1.54, 1.807) is 30.6 Å². The molecule has 1 aromatic carbocycles. The first kappa shape index (κ1) is 15.5. The normalized spacial score (nSPS) is 20.6. The number of benzene rings is 1. The third-order valence-corrected chi connectivity index (χ3v) is 4.71. The summed E-state index contributed by atoms with van der Waals surface area (Å²) < 4.78 is 5.25. The first-order chi connectivity index (χ1) is 11.1. The van der Waals surface area contributed by atoms with Gasteiger partial charge in [0.05, 0.1) is 19.1 Å². The highest BCUT2D eigenvalue weighted by molar-refractivity contribution is 7.13. The standard InChI is InChI=1S/C16H17N3O3S/c1-19-13(20)9-12(15(21)18-16-17-6-7-23-16)14(19)10-4-3-5-11(8-10)22-2/h3-8,12,14H,9H2,1-2H3,(H,17,18,21)/t12-,14+/m0/s1. The largest absolute Gasteiger partial charge is 0.497 e. The number of rotatable bonds is 4. The van der Waals surface area contributed by atoms with Crippen molar-refractivity contribution in [1.82, 2.24) is 9.88 Å². The Morgan fingerprint density at radius 1 is 1.48 bits per heavy atom. The van der Waals surface area contributed by atoms with Crippen LogP contribution in [0.25, 0.3) is 0 Å². The van der Waals surface area contributed by atoms with Crippen molar-refractivity contribution < 1.29 is 14.3 Å². The summed E-state index contributed by atoms with van der Waals surface area (Å²) >= 11 is 1.35. The van der Waals surface area contributed by atoms with Crippen LogP contribution in [0.3, 0.4) is 0 Å². The number of ether oxygens (including phenoxy) is 1. The molecule has 0 spiro atoms. The molecule has 1 aliphatic rings. The molecule has 120 valence electrons. The van der Waals surface area contributed by atoms with Gasteiger partial charge in [-0.3, -0.25) is 9.59 Å². The fourth-order valence-corrected chi connectivity index (χ4v) is 3.40. The second kappa shape index (κ2) is 6.37. The van der Waals surface area contributed by atoms with Crippen molar-refractivity contribution in [2.75, 3.05) is 19.5 Å². The van der Waals surface area contributed by atoms with Gasteiger partial charge in [-0.1, -0.05) is 12.1 Å². The Labute approximate surface area is 138 Å². The van der Waals surface area contributed by atoms with Gasteiger partial charge in [-0.25, -0.2) is 4.98 Å². The molecular weight excluding hydrogens is 314 g/mol. The number of carbonyl (C=O) groups excluding carboxylic acids is 2. The van der Waals surface area contributed by atoms with E-state index < -0.39 is 5.92 Å². The van der Waals surface area contributed by atoms with E-state index in [9.17, 15) is 9.59 Å². The molecule has 0 saturated carbocycles. The maximum atomic E-state index is 12.6. The lowest BCUT2D eigenvalue weighted by atomic mass is 9.93. The number of methoxy groups -OCH3 is 1. The molecule has 0 bridgehead atoms. The van der Waals surface area contributed by atoms with E-state index in [1.165, 1.54) is 11.3 Å². The maximum absolute atomic E-state index is 12.6. The lowest BCUT2D eigenvalue weighted by Crippen LogP contribution is -2.30. The number of nitrogens with zero attached hydrogens (tertiary/aromatic N) is 2. The van der Waals surface area contributed by atoms with Crippen LogP contribution < -0.4 is 10.1 Å². The monoisotopic (exact) mass is 331 g/mol. The number of nitrogens with one attached hydrogen (secondary N) is 1. The minimum Gasteiger partial charge on any atom is -0.497 e. The average Bonchev–Trinajstić information content (AvgIpc) is 3.16. The van der Waals surface area contributed by atoms with Gasteiger partial charge in [0.15, 0.2) is 5.13 Å². The molecule has 2 amide bonds. The smallest absolute Gasteiger partial charge is 0.232 e. The zero-order valence-electron chi connectivity index (χ0n) is 12.9. The van der Waals surface area contributed by atoms with Crippen LogP contribution in [0.2, 0.25) is 0 Å². The van der Waals surface area contributed by atoms with Crippen molar-refractivity contribution in [2.24, 2.45) is 5.92 Å². The molecule has 6 nitrogen and oxygen atoms in total. The summed E-state index contributed by atoms with van der Waals surface area (Å²) in [6, 6.07) is 7.17. The molecule has 1 aliphatic heterocycles. The molecule has 1 N–H and O–H groups in total. The van der Waals surface area contributed by atoms with E-state index in [1.807, 2.05) is 24.3 Å². The molecule has 2 atom stereocenters. The summed E-state index contributed by atoms with van der Waals surface area (Å²) in [5, 5.41) is 5.13. The molecule has 0 radical (unpaired) electrons. The van der Waals surface area contributed by atoms with Gasteiger partial charge < -0.3 is 15.0 Å². The number of amides is 2. The number of aromatic nitrogens is 1. The van der Waals surface area contributed by atoms with Gasteiger partial charge in [-0.15, -0.1) is 11.3 Å². The van der Waals surface area contributed by atoms with Crippen molar-refractivity contribution >= 4 is 28.3 Å². The third kappa shape index (κ3) is 3.05. The van der Waals surface area contributed by atoms with Gasteiger partial charge in [-0.2, -0.15) is 0 Å². The first-order valence-electron chi connectivity index (χ1n) is 7.20. The summed E-state index contributed by atoms with van der Waals surface area (Å²) in [4.78, 5) is 30.4. The van der Waals surface area contributed by atoms with Crippen LogP contribution >= 0.6 is 11.3 Å². The summed E-state index contributed by atoms with van der Waals surface area (Å²) in [6.07, 6.45) is 1.82. The predicted molar refractivity (Wildman–Crippen MR) is 87.4 cm³/mol. The van der Waals surface area contributed by atoms with Crippen LogP contribution in [0.1, 0.15) is 18.0 Å². The van der Waals surface area contributed by atoms with E-state index in [0.717, 1.165) is 5.56 Å². The molecule has 3 rings (SSSR count). The lowest BCUT2D eigenvalue weighted by Gasteiger charge is -2.25. The number of thiazole rings is 1. The van der Waals surface area contributed by atoms with E-state index in [0.29, 0.717) is 10.9 Å². The zero-order valence-corrected chi connectivity index (χ0v) is 13.7. The minimum atomic E-state index is -0.455. The van der Waals surface area contributed by atoms with Crippen LogP contribution in [0.5, 0.6) is 5.75 Å². The number of carbonyl (C=O) groups is 2. The highest BCUT2D eigenvalue weighted by Crippen LogP contribution is 2.38. The Bertz CT molecular complexity index is 717. The van der Waals surface area contributed by atoms with Crippen molar-refractivity contribution in [3.8, 4) is 5.75 Å². The summed E-state index contributed by atoms with van der Waals surface area (Å²) in [7, 11) is 3.32. The predicted octanol–water partition coefficient (Wildman–Crippen LogP) is 2.31. The molecule has 2 heterocycles. The lowest BCUT2D eigenvalue weighted by molar-refractivity contribution is -0.127. The molecular formula is C16H17N3O3S. The molecule has 7 heteroatoms. The number of likely N-dealkylation sites (tertiary alicyclic amines) is 1. The first-order valence-corrected chi connectivity index (χ1v) is 8.08. The quantitative estimate of drug-likeness (QED) is 0.933. The average molecular weight is 331 g/mol. The van der Waals surface area contributed by atoms with Gasteiger partial charge in [0.25, 0.3) is 0 Å². The second-order valence-corrected chi connectivity index (χ2v) is 6.26. The fraction of sp³-hybridized carbons (Fsp3) is 0.312. The van der Waals surface area contributed by atoms with Crippen molar-refractivity contribution in [2.45, 2.75) is 12.5 Å². The third-order valence-electron chi connectivity index (χ3n) is 4.02. The topological polar surface area (TPSA) is 71.5 Å². The summed E-state index contributed by atoms with van der Waals surface area (Å²) in [5.41, 5.74) is 0.886. The van der Waals surface area contributed by atoms with Crippen molar-refractivity contribution in [1.29, 1.82) is 0 Å². The van der Waals surface area contributed by atoms with Crippen molar-refractivity contribution in [3.63, 3.8) is 0 Å². The number of hydrogen-bond donors (Lipinski definition) is 1. The molecule has 1 saturated heterocycles. The van der Waals surface area contributed by atoms with E-state index >= 15 is 0 Å². The second-order valence-electron chi connectivity index (χ2n) is 5.36. The van der Waals surface area contributed by atoms with Gasteiger partial charge >= 0.3 is 0 Å². The van der Waals surface area contributed by atoms with Gasteiger partial charge in [-0.05, 0) is 17.7 Å². The van der Waals surface area contributed by atoms with Crippen molar-refractivity contribution in [3.05, 3.63) is 41.4 Å². The molecule has 1 fully saturated rings. The molecule has 1 aromatic heterocycles. The van der Waals surface area contributed by atoms with E-state index in [4.69, 9.17) is 4.74 Å². The van der Waals surface area contributed by atoms with Crippen LogP contribution in [0, 0.1) is 5.92 Å². The van der Waals surface area contributed by atoms with E-state index in [2.05, 4.69) is 10.3 Å². The van der Waals surface area contributed by atoms with Crippen LogP contribution in [-0.4, -0.2) is 35.9 Å². The maximum Gasteiger partial charge on any atom is 0.232 e. The summed E-state index contributed by atoms with van der Waals surface area (Å²) in [6.45, 7) is 0. The highest BCUT2D eigenvalue weighted by atomic mass is 32.1. The Hall–Kier alpha value is -2.41. The fourth-order valence-electron chi connectivity index (χ4n) is 2.87. The molecule has 23 heavy (non-hydrogen) atoms. The Kier molecular flexibility index (Phi) is 4.29. The Balaban J connectivity index is 1.88. The number of hydrogen-bond acceptors (Lipinski definition) is 5. The molecule has 0 unspecified atom stereocenters. The zero-order chi connectivity index (χ0) is 16.4. The Morgan fingerprint density at radius 3 is 3.00 bits per heavy atom. The SMILES string of the molecule is COc1cccc([C@@H]2[C@@H](C(=O)Nc3nccs3)CC(=O)N2C)c1. The summed E-state index contributed by atoms with van der Waals surface area (Å²) in [5.74, 6) is 0.0143. The van der Waals surface area contributed by atoms with E-state index in [-0.39, 0.29) is 24.3 Å². The Morgan fingerprint density at radius 2 is 2.30 bits per heavy atom. The number of anilines is 1. The van der Waals surface area contributed by atoms with Gasteiger partial charge in [0.2, 0.25) is 11.8 Å². The van der Waals surface area contributed by atoms with Crippen LogP contribution in [-0.2, 0) is 9.59 Å². The van der Waals surface area contributed by atoms with Gasteiger partial charge in [0.1, 0.15) is 5.75 Å². The van der Waals surface area contributed by atoms with Crippen LogP contribution in [0.4, 0.5) is 5.13 Å². The molecule has 2 aromatic rings. The van der Waals surface area contributed by atoms with Gasteiger partial charge in [0, 0.05) is 25.0 Å². The minimum absolute atomic E-state index is 0.0443.